The molecule has 0 aromatic rings. The van der Waals surface area contributed by atoms with Crippen LogP contribution in [0.3, 0.4) is 0 Å². The summed E-state index contributed by atoms with van der Waals surface area (Å²) in [4.78, 5) is 0. The first kappa shape index (κ1) is 17.2. The summed E-state index contributed by atoms with van der Waals surface area (Å²) in [5.74, 6) is -14.7. The van der Waals surface area contributed by atoms with Gasteiger partial charge in [-0.1, -0.05) is 3.89 Å². The van der Waals surface area contributed by atoms with Gasteiger partial charge in [0.1, 0.15) is 0 Å². The minimum Gasteiger partial charge on any atom is -0.189 e. The molecule has 0 unspecified atom stereocenters. The van der Waals surface area contributed by atoms with Crippen LogP contribution in [0.25, 0.3) is 0 Å². The molecule has 0 radical (unpaired) electrons. The highest BCUT2D eigenvalue weighted by Gasteiger charge is 2.83. The van der Waals surface area contributed by atoms with Crippen LogP contribution in [-0.2, 0) is 14.7 Å². The Labute approximate surface area is 91.7 Å². The third-order valence-electron chi connectivity index (χ3n) is 1.32. The summed E-state index contributed by atoms with van der Waals surface area (Å²) >= 11 is 0. The smallest absolute Gasteiger partial charge is 0.189 e. The van der Waals surface area contributed by atoms with Gasteiger partial charge in [0.05, 0.1) is 0 Å². The van der Waals surface area contributed by atoms with Crippen molar-refractivity contribution in [2.75, 3.05) is 0 Å². The molecule has 0 amide bonds. The second-order valence-corrected chi connectivity index (χ2v) is 3.59. The fourth-order valence-corrected chi connectivity index (χ4v) is 0.893. The summed E-state index contributed by atoms with van der Waals surface area (Å²) in [5, 5.41) is 0. The van der Waals surface area contributed by atoms with Crippen molar-refractivity contribution in [1.29, 1.82) is 0 Å². The van der Waals surface area contributed by atoms with Gasteiger partial charge in [-0.2, -0.15) is 52.1 Å². The summed E-state index contributed by atoms with van der Waals surface area (Å²) in [6.07, 6.45) is -14.1. The largest absolute Gasteiger partial charge is 0.460 e. The molecule has 0 spiro atoms. The molecule has 0 heterocycles. The first-order valence-corrected chi connectivity index (χ1v) is 4.62. The van der Waals surface area contributed by atoms with Crippen molar-refractivity contribution in [3.05, 3.63) is 0 Å². The van der Waals surface area contributed by atoms with Crippen LogP contribution in [0.2, 0.25) is 0 Å². The van der Waals surface area contributed by atoms with E-state index >= 15 is 0 Å². The van der Waals surface area contributed by atoms with Crippen molar-refractivity contribution < 1.29 is 56.0 Å². The van der Waals surface area contributed by atoms with E-state index < -0.39 is 34.6 Å². The van der Waals surface area contributed by atoms with Gasteiger partial charge in [0.2, 0.25) is 0 Å². The summed E-state index contributed by atoms with van der Waals surface area (Å²) < 4.78 is 139. The first-order valence-electron chi connectivity index (χ1n) is 3.31. The Hall–Kier alpha value is -0.790. The average molecular weight is 318 g/mol. The highest BCUT2D eigenvalue weighted by Crippen LogP contribution is 2.53. The predicted molar refractivity (Wildman–Crippen MR) is 32.0 cm³/mol. The number of rotatable bonds is 4. The van der Waals surface area contributed by atoms with Gasteiger partial charge in [-0.15, -0.1) is 0 Å². The van der Waals surface area contributed by atoms with Crippen LogP contribution in [0.5, 0.6) is 0 Å². The Morgan fingerprint density at radius 2 is 1.06 bits per heavy atom. The molecule has 0 saturated heterocycles. The summed E-state index contributed by atoms with van der Waals surface area (Å²) in [5.41, 5.74) is 0. The second kappa shape index (κ2) is 4.11. The molecular weight excluding hydrogens is 318 g/mol. The molecule has 18 heavy (non-hydrogen) atoms. The van der Waals surface area contributed by atoms with Gasteiger partial charge >= 0.3 is 34.6 Å². The van der Waals surface area contributed by atoms with Gasteiger partial charge in [0.25, 0.3) is 0 Å². The third kappa shape index (κ3) is 2.96. The molecule has 110 valence electrons. The Kier molecular flexibility index (Phi) is 3.93. The molecule has 0 saturated carbocycles. The van der Waals surface area contributed by atoms with E-state index in [0.29, 0.717) is 0 Å². The van der Waals surface area contributed by atoms with Crippen LogP contribution in [-0.4, -0.2) is 32.5 Å². The zero-order chi connectivity index (χ0) is 15.2. The highest BCUT2D eigenvalue weighted by molar-refractivity contribution is 7.81. The maximum absolute atomic E-state index is 12.2. The fourth-order valence-electron chi connectivity index (χ4n) is 0.538. The first-order chi connectivity index (χ1) is 7.46. The summed E-state index contributed by atoms with van der Waals surface area (Å²) in [6, 6.07) is 0. The molecular formula is C4F10O3S. The minimum absolute atomic E-state index is 1.61. The minimum atomic E-state index is -7.35. The Balaban J connectivity index is 5.64. The molecule has 0 atom stereocenters. The molecule has 0 aromatic carbocycles. The molecule has 0 aliphatic rings. The number of alkyl halides is 9. The Morgan fingerprint density at radius 3 is 1.28 bits per heavy atom. The van der Waals surface area contributed by atoms with Crippen LogP contribution < -0.4 is 0 Å². The lowest BCUT2D eigenvalue weighted by Gasteiger charge is -2.31. The standard InChI is InChI=1S/C4F10O3S/c5-1(6,3(9,10)11)2(7,8)4(12,13)17-18(14,15)16. The maximum atomic E-state index is 12.2. The molecule has 14 heteroatoms. The van der Waals surface area contributed by atoms with Crippen molar-refractivity contribution in [1.82, 2.24) is 0 Å². The van der Waals surface area contributed by atoms with Gasteiger partial charge < -0.3 is 0 Å². The second-order valence-electron chi connectivity index (χ2n) is 2.64. The van der Waals surface area contributed by atoms with Crippen molar-refractivity contribution in [2.45, 2.75) is 24.1 Å². The van der Waals surface area contributed by atoms with Crippen molar-refractivity contribution in [3.8, 4) is 0 Å². The van der Waals surface area contributed by atoms with E-state index in [-0.39, 0.29) is 0 Å². The van der Waals surface area contributed by atoms with E-state index in [1.54, 1.807) is 4.18 Å². The average Bonchev–Trinajstić information content (AvgIpc) is 1.95. The van der Waals surface area contributed by atoms with Crippen LogP contribution >= 0.6 is 0 Å². The number of hydrogen-bond acceptors (Lipinski definition) is 3. The zero-order valence-corrected chi connectivity index (χ0v) is 8.23. The van der Waals surface area contributed by atoms with Gasteiger partial charge in [-0.3, -0.25) is 0 Å². The monoisotopic (exact) mass is 318 g/mol. The van der Waals surface area contributed by atoms with Crippen LogP contribution in [0.15, 0.2) is 0 Å². The lowest BCUT2D eigenvalue weighted by Crippen LogP contribution is -2.61. The molecule has 0 aliphatic heterocycles. The van der Waals surface area contributed by atoms with Crippen LogP contribution in [0.4, 0.5) is 43.4 Å². The third-order valence-corrected chi connectivity index (χ3v) is 1.73. The van der Waals surface area contributed by atoms with E-state index in [4.69, 9.17) is 0 Å². The maximum Gasteiger partial charge on any atom is 0.460 e. The molecule has 0 aliphatic carbocycles. The number of halogens is 10. The van der Waals surface area contributed by atoms with E-state index in [0.717, 1.165) is 0 Å². The molecule has 0 rings (SSSR count). The summed E-state index contributed by atoms with van der Waals surface area (Å²) in [6.45, 7) is 0. The van der Waals surface area contributed by atoms with Crippen molar-refractivity contribution in [2.24, 2.45) is 0 Å². The molecule has 3 nitrogen and oxygen atoms in total. The van der Waals surface area contributed by atoms with Crippen molar-refractivity contribution in [3.63, 3.8) is 0 Å². The molecule has 0 bridgehead atoms. The van der Waals surface area contributed by atoms with E-state index in [1.165, 1.54) is 0 Å². The predicted octanol–water partition coefficient (Wildman–Crippen LogP) is 2.64. The normalized spacial score (nSPS) is 15.9. The Morgan fingerprint density at radius 1 is 0.722 bits per heavy atom. The van der Waals surface area contributed by atoms with Crippen LogP contribution in [0, 0.1) is 0 Å². The Bertz CT molecular complexity index is 407. The molecule has 0 aromatic heterocycles. The van der Waals surface area contributed by atoms with E-state index in [1.807, 2.05) is 0 Å². The topological polar surface area (TPSA) is 43.4 Å². The van der Waals surface area contributed by atoms with Gasteiger partial charge in [-0.05, 0) is 0 Å². The van der Waals surface area contributed by atoms with Gasteiger partial charge in [-0.25, -0.2) is 0 Å². The SMILES string of the molecule is O=S(=O)(F)OC(F)(F)C(F)(F)C(F)(F)C(F)(F)F. The lowest BCUT2D eigenvalue weighted by atomic mass is 10.1. The van der Waals surface area contributed by atoms with Gasteiger partial charge in [0, 0.05) is 0 Å². The lowest BCUT2D eigenvalue weighted by molar-refractivity contribution is -0.428. The van der Waals surface area contributed by atoms with Gasteiger partial charge in [0.15, 0.2) is 0 Å². The highest BCUT2D eigenvalue weighted by atomic mass is 32.3. The molecule has 0 N–H and O–H groups in total. The van der Waals surface area contributed by atoms with Crippen molar-refractivity contribution >= 4 is 10.5 Å². The molecule has 0 fully saturated rings. The van der Waals surface area contributed by atoms with E-state index in [9.17, 15) is 51.8 Å². The number of hydrogen-bond donors (Lipinski definition) is 0. The fraction of sp³-hybridized carbons (Fsp3) is 1.00. The summed E-state index contributed by atoms with van der Waals surface area (Å²) in [7, 11) is -6.90. The van der Waals surface area contributed by atoms with E-state index in [2.05, 4.69) is 0 Å². The van der Waals surface area contributed by atoms with Crippen LogP contribution in [0.1, 0.15) is 0 Å². The zero-order valence-electron chi connectivity index (χ0n) is 7.41. The quantitative estimate of drug-likeness (QED) is 0.591.